The van der Waals surface area contributed by atoms with Gasteiger partial charge in [-0.25, -0.2) is 8.78 Å². The summed E-state index contributed by atoms with van der Waals surface area (Å²) in [7, 11) is 0. The zero-order valence-electron chi connectivity index (χ0n) is 11.7. The third kappa shape index (κ3) is 4.38. The molecule has 0 saturated carbocycles. The van der Waals surface area contributed by atoms with Crippen LogP contribution >= 0.6 is 11.6 Å². The third-order valence-electron chi connectivity index (χ3n) is 3.25. The number of carbonyl (C=O) groups is 2. The average molecular weight is 332 g/mol. The first-order valence-corrected chi connectivity index (χ1v) is 7.18. The van der Waals surface area contributed by atoms with E-state index in [0.717, 1.165) is 0 Å². The van der Waals surface area contributed by atoms with Crippen LogP contribution < -0.4 is 16.0 Å². The molecule has 0 aromatic heterocycles. The van der Waals surface area contributed by atoms with Gasteiger partial charge in [-0.1, -0.05) is 23.7 Å². The lowest BCUT2D eigenvalue weighted by Crippen LogP contribution is -2.43. The van der Waals surface area contributed by atoms with E-state index in [4.69, 9.17) is 11.6 Å². The van der Waals surface area contributed by atoms with Crippen molar-refractivity contribution in [2.24, 2.45) is 0 Å². The van der Waals surface area contributed by atoms with E-state index in [1.54, 1.807) is 24.3 Å². The molecule has 1 aliphatic heterocycles. The van der Waals surface area contributed by atoms with Crippen LogP contribution in [0.1, 0.15) is 16.8 Å². The van der Waals surface area contributed by atoms with Gasteiger partial charge in [-0.05, 0) is 12.1 Å². The first kappa shape index (κ1) is 16.6. The largest absolute Gasteiger partial charge is 0.353 e. The Bertz CT molecular complexity index is 569. The van der Waals surface area contributed by atoms with Crippen LogP contribution in [0.3, 0.4) is 0 Å². The molecular formula is C14H16ClF2N3O2. The molecule has 0 radical (unpaired) electrons. The molecule has 1 fully saturated rings. The molecule has 2 rings (SSSR count). The molecule has 2 amide bonds. The van der Waals surface area contributed by atoms with Crippen LogP contribution in [0, 0.1) is 0 Å². The van der Waals surface area contributed by atoms with Crippen LogP contribution in [-0.2, 0) is 4.79 Å². The highest BCUT2D eigenvalue weighted by atomic mass is 35.5. The van der Waals surface area contributed by atoms with Gasteiger partial charge in [0.05, 0.1) is 23.2 Å². The fourth-order valence-corrected chi connectivity index (χ4v) is 2.35. The predicted molar refractivity (Wildman–Crippen MR) is 78.1 cm³/mol. The lowest BCUT2D eigenvalue weighted by Gasteiger charge is -2.12. The van der Waals surface area contributed by atoms with Crippen LogP contribution in [0.4, 0.5) is 8.78 Å². The number of benzene rings is 1. The lowest BCUT2D eigenvalue weighted by atomic mass is 10.2. The molecule has 1 aromatic carbocycles. The van der Waals surface area contributed by atoms with Gasteiger partial charge in [0.1, 0.15) is 0 Å². The molecule has 1 saturated heterocycles. The smallest absolute Gasteiger partial charge is 0.262 e. The fraction of sp³-hybridized carbons (Fsp3) is 0.429. The zero-order valence-corrected chi connectivity index (χ0v) is 12.4. The molecule has 0 bridgehead atoms. The number of alkyl halides is 2. The Hall–Kier alpha value is -1.73. The van der Waals surface area contributed by atoms with Crippen molar-refractivity contribution in [1.82, 2.24) is 16.0 Å². The molecule has 120 valence electrons. The molecule has 1 atom stereocenters. The normalized spacial score (nSPS) is 19.7. The van der Waals surface area contributed by atoms with Crippen molar-refractivity contribution in [3.63, 3.8) is 0 Å². The summed E-state index contributed by atoms with van der Waals surface area (Å²) in [6.45, 7) is -0.161. The number of halogens is 3. The van der Waals surface area contributed by atoms with Crippen molar-refractivity contribution < 1.29 is 18.4 Å². The summed E-state index contributed by atoms with van der Waals surface area (Å²) in [6, 6.07) is 5.69. The summed E-state index contributed by atoms with van der Waals surface area (Å²) >= 11 is 5.89. The molecular weight excluding hydrogens is 316 g/mol. The van der Waals surface area contributed by atoms with Gasteiger partial charge in [0.15, 0.2) is 0 Å². The Labute approximate surface area is 131 Å². The number of carbonyl (C=O) groups excluding carboxylic acids is 2. The summed E-state index contributed by atoms with van der Waals surface area (Å²) in [5.74, 6) is -3.70. The summed E-state index contributed by atoms with van der Waals surface area (Å²) in [5, 5.41) is 7.89. The highest BCUT2D eigenvalue weighted by Crippen LogP contribution is 2.24. The van der Waals surface area contributed by atoms with Crippen molar-refractivity contribution in [1.29, 1.82) is 0 Å². The molecule has 22 heavy (non-hydrogen) atoms. The standard InChI is InChI=1S/C14H16ClF2N3O2/c15-10-4-2-1-3-9(10)12(21)18-5-6-19-13(22)11-7-14(16,17)8-20-11/h1-4,11,20H,5-8H2,(H,18,21)(H,19,22). The minimum Gasteiger partial charge on any atom is -0.353 e. The van der Waals surface area contributed by atoms with E-state index in [1.165, 1.54) is 0 Å². The zero-order chi connectivity index (χ0) is 16.2. The molecule has 0 spiro atoms. The molecule has 8 heteroatoms. The van der Waals surface area contributed by atoms with E-state index in [9.17, 15) is 18.4 Å². The number of nitrogens with one attached hydrogen (secondary N) is 3. The highest BCUT2D eigenvalue weighted by molar-refractivity contribution is 6.33. The Kier molecular flexibility index (Phi) is 5.31. The van der Waals surface area contributed by atoms with Crippen LogP contribution in [-0.4, -0.2) is 43.4 Å². The van der Waals surface area contributed by atoms with Gasteiger partial charge in [-0.15, -0.1) is 0 Å². The van der Waals surface area contributed by atoms with Crippen LogP contribution in [0.15, 0.2) is 24.3 Å². The molecule has 0 aliphatic carbocycles. The molecule has 1 aliphatic rings. The second-order valence-corrected chi connectivity index (χ2v) is 5.43. The summed E-state index contributed by atoms with van der Waals surface area (Å²) in [5.41, 5.74) is 0.340. The summed E-state index contributed by atoms with van der Waals surface area (Å²) in [4.78, 5) is 23.5. The quantitative estimate of drug-likeness (QED) is 0.710. The van der Waals surface area contributed by atoms with Gasteiger partial charge >= 0.3 is 0 Å². The number of hydrogen-bond acceptors (Lipinski definition) is 3. The lowest BCUT2D eigenvalue weighted by molar-refractivity contribution is -0.123. The fourth-order valence-electron chi connectivity index (χ4n) is 2.13. The molecule has 1 aromatic rings. The van der Waals surface area contributed by atoms with E-state index in [0.29, 0.717) is 10.6 Å². The Morgan fingerprint density at radius 3 is 2.59 bits per heavy atom. The highest BCUT2D eigenvalue weighted by Gasteiger charge is 2.42. The SMILES string of the molecule is O=C(NCCNC(=O)C1CC(F)(F)CN1)c1ccccc1Cl. The Morgan fingerprint density at radius 1 is 1.27 bits per heavy atom. The van der Waals surface area contributed by atoms with Crippen molar-refractivity contribution in [2.45, 2.75) is 18.4 Å². The minimum absolute atomic E-state index is 0.152. The second kappa shape index (κ2) is 7.02. The van der Waals surface area contributed by atoms with Crippen molar-refractivity contribution >= 4 is 23.4 Å². The molecule has 5 nitrogen and oxygen atoms in total. The molecule has 3 N–H and O–H groups in total. The maximum atomic E-state index is 13.0. The van der Waals surface area contributed by atoms with Gasteiger partial charge in [0, 0.05) is 19.5 Å². The van der Waals surface area contributed by atoms with Gasteiger partial charge in [-0.3, -0.25) is 14.9 Å². The van der Waals surface area contributed by atoms with E-state index >= 15 is 0 Å². The molecule has 1 unspecified atom stereocenters. The number of rotatable bonds is 5. The van der Waals surface area contributed by atoms with Gasteiger partial charge < -0.3 is 10.6 Å². The third-order valence-corrected chi connectivity index (χ3v) is 3.58. The van der Waals surface area contributed by atoms with Crippen molar-refractivity contribution in [2.75, 3.05) is 19.6 Å². The predicted octanol–water partition coefficient (Wildman–Crippen LogP) is 1.18. The van der Waals surface area contributed by atoms with E-state index in [-0.39, 0.29) is 19.0 Å². The summed E-state index contributed by atoms with van der Waals surface area (Å²) in [6.07, 6.45) is -0.509. The average Bonchev–Trinajstić information content (AvgIpc) is 2.84. The molecule has 1 heterocycles. The van der Waals surface area contributed by atoms with E-state index < -0.39 is 30.8 Å². The van der Waals surface area contributed by atoms with E-state index in [2.05, 4.69) is 16.0 Å². The Balaban J connectivity index is 1.70. The Morgan fingerprint density at radius 2 is 1.95 bits per heavy atom. The van der Waals surface area contributed by atoms with E-state index in [1.807, 2.05) is 0 Å². The van der Waals surface area contributed by atoms with Gasteiger partial charge in [0.2, 0.25) is 5.91 Å². The number of hydrogen-bond donors (Lipinski definition) is 3. The first-order chi connectivity index (χ1) is 10.4. The maximum absolute atomic E-state index is 13.0. The minimum atomic E-state index is -2.85. The van der Waals surface area contributed by atoms with Crippen LogP contribution in [0.25, 0.3) is 0 Å². The van der Waals surface area contributed by atoms with Gasteiger partial charge in [0.25, 0.3) is 11.8 Å². The monoisotopic (exact) mass is 331 g/mol. The van der Waals surface area contributed by atoms with Gasteiger partial charge in [-0.2, -0.15) is 0 Å². The number of amides is 2. The maximum Gasteiger partial charge on any atom is 0.262 e. The van der Waals surface area contributed by atoms with Crippen molar-refractivity contribution in [3.05, 3.63) is 34.9 Å². The van der Waals surface area contributed by atoms with Crippen LogP contribution in [0.2, 0.25) is 5.02 Å². The first-order valence-electron chi connectivity index (χ1n) is 6.81. The second-order valence-electron chi connectivity index (χ2n) is 5.02. The topological polar surface area (TPSA) is 70.2 Å². The van der Waals surface area contributed by atoms with Crippen LogP contribution in [0.5, 0.6) is 0 Å². The van der Waals surface area contributed by atoms with Crippen molar-refractivity contribution in [3.8, 4) is 0 Å². The summed E-state index contributed by atoms with van der Waals surface area (Å²) < 4.78 is 25.9.